The Kier molecular flexibility index (Phi) is 6.18. The van der Waals surface area contributed by atoms with E-state index in [0.29, 0.717) is 22.9 Å². The van der Waals surface area contributed by atoms with Crippen LogP contribution in [0, 0.1) is 0 Å². The van der Waals surface area contributed by atoms with Gasteiger partial charge in [0.05, 0.1) is 21.3 Å². The van der Waals surface area contributed by atoms with Gasteiger partial charge in [0.1, 0.15) is 10.1 Å². The highest BCUT2D eigenvalue weighted by Gasteiger charge is 2.22. The molecular formula is C16H17NO4S2. The summed E-state index contributed by atoms with van der Waals surface area (Å²) in [6.07, 6.45) is 3.49. The van der Waals surface area contributed by atoms with Crippen molar-refractivity contribution >= 4 is 39.1 Å². The number of thioether (sulfide) groups is 2. The molecule has 0 amide bonds. The molecule has 0 N–H and O–H groups in total. The fourth-order valence-corrected chi connectivity index (χ4v) is 3.53. The number of hydrogen-bond acceptors (Lipinski definition) is 7. The fraction of sp³-hybridized carbons (Fsp3) is 0.250. The molecule has 0 aliphatic carbocycles. The summed E-state index contributed by atoms with van der Waals surface area (Å²) in [5, 5.41) is -0.0784. The van der Waals surface area contributed by atoms with Crippen LogP contribution < -0.4 is 14.2 Å². The third kappa shape index (κ3) is 4.11. The molecule has 1 heterocycles. The molecule has 0 spiro atoms. The van der Waals surface area contributed by atoms with Crippen LogP contribution in [0.5, 0.6) is 17.2 Å². The maximum Gasteiger partial charge on any atom is 0.244 e. The van der Waals surface area contributed by atoms with Gasteiger partial charge < -0.3 is 14.2 Å². The minimum atomic E-state index is -0.0784. The lowest BCUT2D eigenvalue weighted by Gasteiger charge is -2.12. The molecule has 0 radical (unpaired) electrons. The monoisotopic (exact) mass is 351 g/mol. The van der Waals surface area contributed by atoms with Crippen molar-refractivity contribution < 1.29 is 19.0 Å². The lowest BCUT2D eigenvalue weighted by atomic mass is 10.1. The molecule has 2 rings (SSSR count). The van der Waals surface area contributed by atoms with Crippen molar-refractivity contribution in [3.63, 3.8) is 0 Å². The molecule has 0 unspecified atom stereocenters. The van der Waals surface area contributed by atoms with Crippen LogP contribution in [0.4, 0.5) is 0 Å². The summed E-state index contributed by atoms with van der Waals surface area (Å²) in [6.45, 7) is 3.66. The summed E-state index contributed by atoms with van der Waals surface area (Å²) in [6, 6.07) is 3.55. The number of hydrogen-bond donors (Lipinski definition) is 0. The van der Waals surface area contributed by atoms with Crippen LogP contribution in [0.15, 0.2) is 35.5 Å². The molecule has 5 nitrogen and oxygen atoms in total. The number of carbonyl (C=O) groups is 1. The number of nitrogens with zero attached hydrogens (tertiary/aromatic N) is 1. The third-order valence-corrected chi connectivity index (χ3v) is 4.92. The van der Waals surface area contributed by atoms with E-state index < -0.39 is 0 Å². The van der Waals surface area contributed by atoms with Gasteiger partial charge in [-0.25, -0.2) is 4.99 Å². The molecule has 0 saturated carbocycles. The predicted octanol–water partition coefficient (Wildman–Crippen LogP) is 3.60. The molecular weight excluding hydrogens is 334 g/mol. The van der Waals surface area contributed by atoms with E-state index in [0.717, 1.165) is 27.5 Å². The van der Waals surface area contributed by atoms with Crippen molar-refractivity contribution in [3.8, 4) is 17.2 Å². The van der Waals surface area contributed by atoms with Crippen LogP contribution in [0.3, 0.4) is 0 Å². The first-order chi connectivity index (χ1) is 11.1. The van der Waals surface area contributed by atoms with Crippen molar-refractivity contribution in [1.29, 1.82) is 0 Å². The van der Waals surface area contributed by atoms with E-state index in [1.54, 1.807) is 45.6 Å². The van der Waals surface area contributed by atoms with E-state index in [2.05, 4.69) is 11.6 Å². The summed E-state index contributed by atoms with van der Waals surface area (Å²) in [7, 11) is 4.64. The molecule has 1 aliphatic rings. The highest BCUT2D eigenvalue weighted by molar-refractivity contribution is 8.45. The summed E-state index contributed by atoms with van der Waals surface area (Å²) in [5.41, 5.74) is 1.15. The molecule has 1 aliphatic heterocycles. The molecule has 0 aromatic heterocycles. The van der Waals surface area contributed by atoms with Gasteiger partial charge in [0.2, 0.25) is 10.9 Å². The van der Waals surface area contributed by atoms with Crippen molar-refractivity contribution in [3.05, 3.63) is 36.0 Å². The topological polar surface area (TPSA) is 57.1 Å². The minimum absolute atomic E-state index is 0.0784. The van der Waals surface area contributed by atoms with E-state index in [9.17, 15) is 4.79 Å². The Bertz CT molecular complexity index is 658. The van der Waals surface area contributed by atoms with Gasteiger partial charge in [0.25, 0.3) is 0 Å². The smallest absolute Gasteiger partial charge is 0.244 e. The lowest BCUT2D eigenvalue weighted by molar-refractivity contribution is -0.107. The Balaban J connectivity index is 2.36. The lowest BCUT2D eigenvalue weighted by Crippen LogP contribution is -1.96. The summed E-state index contributed by atoms with van der Waals surface area (Å²) in [4.78, 5) is 16.4. The summed E-state index contributed by atoms with van der Waals surface area (Å²) >= 11 is 2.62. The molecule has 0 atom stereocenters. The quantitative estimate of drug-likeness (QED) is 0.576. The second-order valence-electron chi connectivity index (χ2n) is 4.36. The maximum absolute atomic E-state index is 12.0. The number of aliphatic imine (C=N–C) groups is 1. The highest BCUT2D eigenvalue weighted by atomic mass is 32.2. The number of methoxy groups -OCH3 is 3. The Hall–Kier alpha value is -1.86. The largest absolute Gasteiger partial charge is 0.493 e. The second kappa shape index (κ2) is 8.12. The molecule has 1 aromatic carbocycles. The molecule has 7 heteroatoms. The Labute approximate surface area is 143 Å². The van der Waals surface area contributed by atoms with Crippen LogP contribution in [-0.2, 0) is 4.79 Å². The molecule has 0 bridgehead atoms. The molecule has 1 aromatic rings. The van der Waals surface area contributed by atoms with Gasteiger partial charge in [-0.1, -0.05) is 17.8 Å². The number of benzene rings is 1. The van der Waals surface area contributed by atoms with Crippen molar-refractivity contribution in [2.45, 2.75) is 0 Å². The summed E-state index contributed by atoms with van der Waals surface area (Å²) in [5.74, 6) is 2.29. The fourth-order valence-electron chi connectivity index (χ4n) is 1.92. The van der Waals surface area contributed by atoms with E-state index in [-0.39, 0.29) is 5.12 Å². The summed E-state index contributed by atoms with van der Waals surface area (Å²) < 4.78 is 16.6. The Morgan fingerprint density at radius 3 is 2.39 bits per heavy atom. The van der Waals surface area contributed by atoms with Crippen LogP contribution in [-0.4, -0.2) is 36.6 Å². The van der Waals surface area contributed by atoms with Gasteiger partial charge in [-0.15, -0.1) is 6.58 Å². The zero-order chi connectivity index (χ0) is 16.8. The first-order valence-corrected chi connectivity index (χ1v) is 8.49. The zero-order valence-corrected chi connectivity index (χ0v) is 14.8. The normalized spacial score (nSPS) is 15.5. The number of rotatable bonds is 6. The van der Waals surface area contributed by atoms with E-state index in [1.807, 2.05) is 0 Å². The van der Waals surface area contributed by atoms with Crippen LogP contribution in [0.2, 0.25) is 0 Å². The average molecular weight is 351 g/mol. The van der Waals surface area contributed by atoms with Gasteiger partial charge in [0, 0.05) is 5.75 Å². The van der Waals surface area contributed by atoms with Gasteiger partial charge in [-0.3, -0.25) is 4.79 Å². The molecule has 0 fully saturated rings. The van der Waals surface area contributed by atoms with E-state index >= 15 is 0 Å². The van der Waals surface area contributed by atoms with Crippen LogP contribution in [0.1, 0.15) is 5.56 Å². The van der Waals surface area contributed by atoms with E-state index in [1.165, 1.54) is 11.8 Å². The molecule has 23 heavy (non-hydrogen) atoms. The SMILES string of the molecule is C=CCSC1=NC(=Cc2cc(OC)c(OC)c(OC)c2)C(=O)S1. The van der Waals surface area contributed by atoms with Crippen molar-refractivity contribution in [1.82, 2.24) is 0 Å². The zero-order valence-electron chi connectivity index (χ0n) is 13.1. The van der Waals surface area contributed by atoms with Gasteiger partial charge in [-0.2, -0.15) is 0 Å². The highest BCUT2D eigenvalue weighted by Crippen LogP contribution is 2.39. The number of ether oxygens (including phenoxy) is 3. The van der Waals surface area contributed by atoms with Crippen molar-refractivity contribution in [2.24, 2.45) is 4.99 Å². The van der Waals surface area contributed by atoms with Gasteiger partial charge >= 0.3 is 0 Å². The van der Waals surface area contributed by atoms with Gasteiger partial charge in [-0.05, 0) is 35.5 Å². The van der Waals surface area contributed by atoms with Crippen molar-refractivity contribution in [2.75, 3.05) is 27.1 Å². The van der Waals surface area contributed by atoms with E-state index in [4.69, 9.17) is 14.2 Å². The first-order valence-electron chi connectivity index (χ1n) is 6.69. The van der Waals surface area contributed by atoms with Crippen LogP contribution >= 0.6 is 23.5 Å². The Morgan fingerprint density at radius 1 is 1.22 bits per heavy atom. The first kappa shape index (κ1) is 17.5. The minimum Gasteiger partial charge on any atom is -0.493 e. The predicted molar refractivity (Wildman–Crippen MR) is 96.8 cm³/mol. The maximum atomic E-state index is 12.0. The average Bonchev–Trinajstić information content (AvgIpc) is 2.91. The molecule has 122 valence electrons. The van der Waals surface area contributed by atoms with Gasteiger partial charge in [0.15, 0.2) is 11.5 Å². The molecule has 0 saturated heterocycles. The Morgan fingerprint density at radius 2 is 1.87 bits per heavy atom. The third-order valence-electron chi connectivity index (χ3n) is 2.92. The second-order valence-corrected chi connectivity index (χ2v) is 6.58. The standard InChI is InChI=1S/C16H17NO4S2/c1-5-6-22-16-17-11(15(18)23-16)7-10-8-12(19-2)14(21-4)13(9-10)20-3/h5,7-9H,1,6H2,2-4H3. The number of carbonyl (C=O) groups excluding carboxylic acids is 1. The van der Waals surface area contributed by atoms with Crippen LogP contribution in [0.25, 0.3) is 6.08 Å².